The highest BCUT2D eigenvalue weighted by atomic mass is 19.1. The molecular formula is C20H23FN6. The number of nitrogens with one attached hydrogen (secondary N) is 1. The molecule has 0 aliphatic rings. The van der Waals surface area contributed by atoms with Gasteiger partial charge in [-0.25, -0.2) is 14.4 Å². The fourth-order valence-corrected chi connectivity index (χ4v) is 2.88. The van der Waals surface area contributed by atoms with Gasteiger partial charge in [-0.2, -0.15) is 0 Å². The number of rotatable bonds is 5. The predicted octanol–water partition coefficient (Wildman–Crippen LogP) is 2.92. The SMILES string of the molecule is CN=C(NCc1cccnc1-n1ccnc1C)N(C)Cc1ccc(F)cc1. The molecule has 1 N–H and O–H groups in total. The van der Waals surface area contributed by atoms with E-state index in [9.17, 15) is 4.39 Å². The van der Waals surface area contributed by atoms with Crippen LogP contribution in [0.4, 0.5) is 4.39 Å². The van der Waals surface area contributed by atoms with E-state index in [-0.39, 0.29) is 5.82 Å². The molecule has 3 aromatic rings. The van der Waals surface area contributed by atoms with Crippen LogP contribution in [0.3, 0.4) is 0 Å². The molecule has 6 nitrogen and oxygen atoms in total. The fraction of sp³-hybridized carbons (Fsp3) is 0.250. The van der Waals surface area contributed by atoms with Crippen LogP contribution in [-0.4, -0.2) is 39.5 Å². The number of nitrogens with zero attached hydrogens (tertiary/aromatic N) is 5. The third-order valence-electron chi connectivity index (χ3n) is 4.26. The zero-order chi connectivity index (χ0) is 19.2. The number of hydrogen-bond acceptors (Lipinski definition) is 3. The first-order valence-electron chi connectivity index (χ1n) is 8.69. The highest BCUT2D eigenvalue weighted by Gasteiger charge is 2.11. The van der Waals surface area contributed by atoms with Gasteiger partial charge in [0.25, 0.3) is 0 Å². The lowest BCUT2D eigenvalue weighted by atomic mass is 10.2. The molecule has 3 rings (SSSR count). The van der Waals surface area contributed by atoms with Crippen molar-refractivity contribution < 1.29 is 4.39 Å². The Kier molecular flexibility index (Phi) is 5.80. The number of pyridine rings is 1. The summed E-state index contributed by atoms with van der Waals surface area (Å²) < 4.78 is 15.0. The van der Waals surface area contributed by atoms with Crippen LogP contribution in [0.1, 0.15) is 17.0 Å². The standard InChI is InChI=1S/C20H23FN6/c1-15-23-11-12-27(15)19-17(5-4-10-24-19)13-25-20(22-2)26(3)14-16-6-8-18(21)9-7-16/h4-12H,13-14H2,1-3H3,(H,22,25). The van der Waals surface area contributed by atoms with Crippen LogP contribution >= 0.6 is 0 Å². The Hall–Kier alpha value is -3.22. The first kappa shape index (κ1) is 18.6. The number of aryl methyl sites for hydroxylation is 1. The summed E-state index contributed by atoms with van der Waals surface area (Å²) in [5.41, 5.74) is 2.05. The fourth-order valence-electron chi connectivity index (χ4n) is 2.88. The summed E-state index contributed by atoms with van der Waals surface area (Å²) >= 11 is 0. The van der Waals surface area contributed by atoms with Crippen LogP contribution in [0, 0.1) is 12.7 Å². The van der Waals surface area contributed by atoms with Crippen LogP contribution in [-0.2, 0) is 13.1 Å². The van der Waals surface area contributed by atoms with Crippen molar-refractivity contribution in [2.45, 2.75) is 20.0 Å². The van der Waals surface area contributed by atoms with Crippen LogP contribution in [0.15, 0.2) is 60.0 Å². The van der Waals surface area contributed by atoms with Crippen LogP contribution in [0.25, 0.3) is 5.82 Å². The lowest BCUT2D eigenvalue weighted by molar-refractivity contribution is 0.476. The van der Waals surface area contributed by atoms with Crippen LogP contribution in [0.2, 0.25) is 0 Å². The maximum absolute atomic E-state index is 13.1. The zero-order valence-electron chi connectivity index (χ0n) is 15.7. The maximum atomic E-state index is 13.1. The van der Waals surface area contributed by atoms with Gasteiger partial charge < -0.3 is 10.2 Å². The van der Waals surface area contributed by atoms with Crippen molar-refractivity contribution in [1.29, 1.82) is 0 Å². The van der Waals surface area contributed by atoms with E-state index in [2.05, 4.69) is 20.3 Å². The average molecular weight is 366 g/mol. The molecule has 2 heterocycles. The molecule has 0 saturated carbocycles. The summed E-state index contributed by atoms with van der Waals surface area (Å²) in [5, 5.41) is 3.37. The minimum Gasteiger partial charge on any atom is -0.352 e. The predicted molar refractivity (Wildman–Crippen MR) is 104 cm³/mol. The number of aliphatic imine (C=N–C) groups is 1. The molecule has 7 heteroatoms. The number of benzene rings is 1. The number of hydrogen-bond donors (Lipinski definition) is 1. The minimum absolute atomic E-state index is 0.234. The van der Waals surface area contributed by atoms with Gasteiger partial charge in [0.15, 0.2) is 5.96 Å². The Morgan fingerprint density at radius 2 is 1.96 bits per heavy atom. The van der Waals surface area contributed by atoms with Gasteiger partial charge in [-0.15, -0.1) is 0 Å². The summed E-state index contributed by atoms with van der Waals surface area (Å²) in [6.45, 7) is 3.14. The highest BCUT2D eigenvalue weighted by molar-refractivity contribution is 5.79. The van der Waals surface area contributed by atoms with Gasteiger partial charge in [-0.05, 0) is 30.7 Å². The van der Waals surface area contributed by atoms with Gasteiger partial charge in [0.1, 0.15) is 17.5 Å². The maximum Gasteiger partial charge on any atom is 0.193 e. The first-order valence-corrected chi connectivity index (χ1v) is 8.69. The normalized spacial score (nSPS) is 11.5. The number of halogens is 1. The van der Waals surface area contributed by atoms with Crippen LogP contribution < -0.4 is 5.32 Å². The van der Waals surface area contributed by atoms with Crippen molar-refractivity contribution in [2.24, 2.45) is 4.99 Å². The molecular weight excluding hydrogens is 343 g/mol. The Morgan fingerprint density at radius 3 is 2.63 bits per heavy atom. The van der Waals surface area contributed by atoms with E-state index in [1.165, 1.54) is 12.1 Å². The van der Waals surface area contributed by atoms with Gasteiger partial charge in [-0.3, -0.25) is 9.56 Å². The molecule has 0 saturated heterocycles. The van der Waals surface area contributed by atoms with Gasteiger partial charge in [0.05, 0.1) is 0 Å². The molecule has 2 aromatic heterocycles. The second kappa shape index (κ2) is 8.44. The summed E-state index contributed by atoms with van der Waals surface area (Å²) in [4.78, 5) is 15.1. The van der Waals surface area contributed by atoms with E-state index in [1.807, 2.05) is 41.8 Å². The molecule has 0 radical (unpaired) electrons. The number of aromatic nitrogens is 3. The third-order valence-corrected chi connectivity index (χ3v) is 4.26. The molecule has 0 amide bonds. The zero-order valence-corrected chi connectivity index (χ0v) is 15.7. The Morgan fingerprint density at radius 1 is 1.19 bits per heavy atom. The van der Waals surface area contributed by atoms with E-state index >= 15 is 0 Å². The first-order chi connectivity index (χ1) is 13.1. The van der Waals surface area contributed by atoms with E-state index in [0.717, 1.165) is 28.7 Å². The summed E-state index contributed by atoms with van der Waals surface area (Å²) in [7, 11) is 3.69. The molecule has 140 valence electrons. The van der Waals surface area contributed by atoms with Crippen molar-refractivity contribution >= 4 is 5.96 Å². The summed E-state index contributed by atoms with van der Waals surface area (Å²) in [6.07, 6.45) is 5.43. The van der Waals surface area contributed by atoms with Crippen molar-refractivity contribution in [1.82, 2.24) is 24.8 Å². The van der Waals surface area contributed by atoms with Crippen molar-refractivity contribution in [3.63, 3.8) is 0 Å². The molecule has 0 bridgehead atoms. The van der Waals surface area contributed by atoms with E-state index in [4.69, 9.17) is 0 Å². The monoisotopic (exact) mass is 366 g/mol. The second-order valence-electron chi connectivity index (χ2n) is 6.21. The van der Waals surface area contributed by atoms with Gasteiger partial charge >= 0.3 is 0 Å². The molecule has 0 fully saturated rings. The van der Waals surface area contributed by atoms with Gasteiger partial charge in [0, 0.05) is 51.3 Å². The third kappa shape index (κ3) is 4.49. The quantitative estimate of drug-likeness (QED) is 0.557. The molecule has 0 unspecified atom stereocenters. The average Bonchev–Trinajstić information content (AvgIpc) is 3.10. The number of imidazole rings is 1. The summed E-state index contributed by atoms with van der Waals surface area (Å²) in [5.74, 6) is 2.24. The smallest absolute Gasteiger partial charge is 0.193 e. The van der Waals surface area contributed by atoms with Crippen LogP contribution in [0.5, 0.6) is 0 Å². The van der Waals surface area contributed by atoms with Crippen molar-refractivity contribution in [2.75, 3.05) is 14.1 Å². The van der Waals surface area contributed by atoms with E-state index in [1.54, 1.807) is 31.6 Å². The molecule has 0 aliphatic carbocycles. The van der Waals surface area contributed by atoms with Gasteiger partial charge in [0.2, 0.25) is 0 Å². The molecule has 1 aromatic carbocycles. The molecule has 0 aliphatic heterocycles. The van der Waals surface area contributed by atoms with Gasteiger partial charge in [-0.1, -0.05) is 18.2 Å². The highest BCUT2D eigenvalue weighted by Crippen LogP contribution is 2.13. The minimum atomic E-state index is -0.234. The van der Waals surface area contributed by atoms with E-state index in [0.29, 0.717) is 13.1 Å². The largest absolute Gasteiger partial charge is 0.352 e. The Balaban J connectivity index is 1.70. The molecule has 0 spiro atoms. The topological polar surface area (TPSA) is 58.3 Å². The molecule has 0 atom stereocenters. The van der Waals surface area contributed by atoms with E-state index < -0.39 is 0 Å². The Labute approximate surface area is 158 Å². The lowest BCUT2D eigenvalue weighted by Gasteiger charge is -2.22. The second-order valence-corrected chi connectivity index (χ2v) is 6.21. The Bertz CT molecular complexity index is 916. The lowest BCUT2D eigenvalue weighted by Crippen LogP contribution is -2.38. The molecule has 27 heavy (non-hydrogen) atoms. The summed E-state index contributed by atoms with van der Waals surface area (Å²) in [6, 6.07) is 10.4. The number of guanidine groups is 1. The van der Waals surface area contributed by atoms with Crippen molar-refractivity contribution in [3.8, 4) is 5.82 Å². The van der Waals surface area contributed by atoms with Crippen molar-refractivity contribution in [3.05, 3.63) is 77.8 Å².